The number of anilines is 1. The van der Waals surface area contributed by atoms with Gasteiger partial charge < -0.3 is 14.5 Å². The molecule has 148 valence electrons. The molecule has 0 bridgehead atoms. The second kappa shape index (κ2) is 7.28. The summed E-state index contributed by atoms with van der Waals surface area (Å²) in [4.78, 5) is 12.6. The zero-order valence-electron chi connectivity index (χ0n) is 17.2. The molecule has 4 aromatic rings. The predicted molar refractivity (Wildman–Crippen MR) is 118 cm³/mol. The molecule has 4 rings (SSSR count). The molecule has 1 unspecified atom stereocenters. The minimum Gasteiger partial charge on any atom is -0.481 e. The Labute approximate surface area is 170 Å². The van der Waals surface area contributed by atoms with Gasteiger partial charge in [0.2, 0.25) is 0 Å². The second-order valence-electron chi connectivity index (χ2n) is 8.33. The van der Waals surface area contributed by atoms with Gasteiger partial charge in [-0.15, -0.1) is 0 Å². The van der Waals surface area contributed by atoms with Crippen molar-refractivity contribution < 1.29 is 13.9 Å². The van der Waals surface area contributed by atoms with Gasteiger partial charge in [-0.2, -0.15) is 0 Å². The first-order chi connectivity index (χ1) is 13.8. The van der Waals surface area contributed by atoms with E-state index in [0.717, 1.165) is 21.9 Å². The van der Waals surface area contributed by atoms with E-state index in [2.05, 4.69) is 26.1 Å². The maximum atomic E-state index is 12.6. The molecule has 1 aromatic heterocycles. The van der Waals surface area contributed by atoms with Crippen LogP contribution in [0, 0.1) is 0 Å². The number of furan rings is 1. The fraction of sp³-hybridized carbons (Fsp3) is 0.240. The minimum atomic E-state index is -0.623. The fourth-order valence-corrected chi connectivity index (χ4v) is 3.34. The Hall–Kier alpha value is -3.27. The quantitative estimate of drug-likeness (QED) is 0.448. The summed E-state index contributed by atoms with van der Waals surface area (Å²) >= 11 is 0. The number of nitrogens with one attached hydrogen (secondary N) is 1. The van der Waals surface area contributed by atoms with Gasteiger partial charge in [-0.25, -0.2) is 0 Å². The molecule has 0 radical (unpaired) electrons. The number of rotatable bonds is 4. The van der Waals surface area contributed by atoms with Crippen molar-refractivity contribution in [3.8, 4) is 5.75 Å². The number of para-hydroxylation sites is 1. The van der Waals surface area contributed by atoms with Crippen molar-refractivity contribution in [3.05, 3.63) is 72.3 Å². The highest BCUT2D eigenvalue weighted by molar-refractivity contribution is 6.06. The molecule has 0 aliphatic rings. The largest absolute Gasteiger partial charge is 0.481 e. The number of benzene rings is 3. The van der Waals surface area contributed by atoms with Crippen LogP contribution in [0.3, 0.4) is 0 Å². The molecule has 29 heavy (non-hydrogen) atoms. The average molecular weight is 387 g/mol. The van der Waals surface area contributed by atoms with Crippen LogP contribution in [0.5, 0.6) is 5.75 Å². The van der Waals surface area contributed by atoms with E-state index in [1.54, 1.807) is 6.92 Å². The summed E-state index contributed by atoms with van der Waals surface area (Å²) in [5, 5.41) is 5.01. The van der Waals surface area contributed by atoms with Gasteiger partial charge in [-0.05, 0) is 48.2 Å². The highest BCUT2D eigenvalue weighted by Gasteiger charge is 2.17. The van der Waals surface area contributed by atoms with Crippen molar-refractivity contribution in [2.24, 2.45) is 0 Å². The number of ether oxygens (including phenoxy) is 1. The van der Waals surface area contributed by atoms with Crippen LogP contribution in [0.15, 0.2) is 71.1 Å². The van der Waals surface area contributed by atoms with Gasteiger partial charge in [0.25, 0.3) is 5.91 Å². The first-order valence-electron chi connectivity index (χ1n) is 9.80. The van der Waals surface area contributed by atoms with Crippen LogP contribution >= 0.6 is 0 Å². The molecule has 0 aliphatic heterocycles. The Kier molecular flexibility index (Phi) is 4.79. The van der Waals surface area contributed by atoms with Crippen LogP contribution in [-0.4, -0.2) is 12.0 Å². The molecule has 3 aromatic carbocycles. The average Bonchev–Trinajstić information content (AvgIpc) is 3.05. The van der Waals surface area contributed by atoms with Crippen LogP contribution in [0.4, 0.5) is 5.69 Å². The third-order valence-corrected chi connectivity index (χ3v) is 5.05. The highest BCUT2D eigenvalue weighted by atomic mass is 16.5. The number of hydrogen-bond acceptors (Lipinski definition) is 3. The normalized spacial score (nSPS) is 12.8. The Morgan fingerprint density at radius 2 is 1.62 bits per heavy atom. The van der Waals surface area contributed by atoms with E-state index in [1.807, 2.05) is 66.7 Å². The van der Waals surface area contributed by atoms with Crippen molar-refractivity contribution in [3.63, 3.8) is 0 Å². The molecule has 1 amide bonds. The summed E-state index contributed by atoms with van der Waals surface area (Å²) in [6, 6.07) is 21.5. The molecule has 0 saturated heterocycles. The Bertz CT molecular complexity index is 1170. The SMILES string of the molecule is CC(Oc1ccc(C(C)(C)C)cc1)C(=O)Nc1ccc2c(c1)oc1ccccc12. The zero-order chi connectivity index (χ0) is 20.6. The molecule has 0 spiro atoms. The van der Waals surface area contributed by atoms with E-state index < -0.39 is 6.10 Å². The lowest BCUT2D eigenvalue weighted by atomic mass is 9.87. The Morgan fingerprint density at radius 3 is 2.34 bits per heavy atom. The number of hydrogen-bond donors (Lipinski definition) is 1. The van der Waals surface area contributed by atoms with Gasteiger partial charge in [-0.3, -0.25) is 4.79 Å². The molecular weight excluding hydrogens is 362 g/mol. The van der Waals surface area contributed by atoms with Crippen molar-refractivity contribution in [1.82, 2.24) is 0 Å². The summed E-state index contributed by atoms with van der Waals surface area (Å²) < 4.78 is 11.7. The maximum Gasteiger partial charge on any atom is 0.265 e. The third-order valence-electron chi connectivity index (χ3n) is 5.05. The fourth-order valence-electron chi connectivity index (χ4n) is 3.34. The molecule has 0 saturated carbocycles. The molecule has 0 fully saturated rings. The molecule has 1 atom stereocenters. The van der Waals surface area contributed by atoms with E-state index in [1.165, 1.54) is 5.56 Å². The van der Waals surface area contributed by atoms with Crippen LogP contribution in [0.2, 0.25) is 0 Å². The summed E-state index contributed by atoms with van der Waals surface area (Å²) in [6.45, 7) is 8.24. The summed E-state index contributed by atoms with van der Waals surface area (Å²) in [6.07, 6.45) is -0.623. The lowest BCUT2D eigenvalue weighted by Gasteiger charge is -2.20. The van der Waals surface area contributed by atoms with Crippen molar-refractivity contribution in [2.75, 3.05) is 5.32 Å². The summed E-state index contributed by atoms with van der Waals surface area (Å²) in [5.74, 6) is 0.466. The van der Waals surface area contributed by atoms with E-state index in [0.29, 0.717) is 11.4 Å². The van der Waals surface area contributed by atoms with E-state index >= 15 is 0 Å². The van der Waals surface area contributed by atoms with Gasteiger partial charge >= 0.3 is 0 Å². The predicted octanol–water partition coefficient (Wildman–Crippen LogP) is 6.29. The van der Waals surface area contributed by atoms with Crippen LogP contribution in [0.1, 0.15) is 33.3 Å². The minimum absolute atomic E-state index is 0.0802. The third kappa shape index (κ3) is 3.97. The first kappa shape index (κ1) is 19.1. The standard InChI is InChI=1S/C25H25NO3/c1-16(28-19-12-9-17(10-13-19)25(2,3)4)24(27)26-18-11-14-21-20-7-5-6-8-22(20)29-23(21)15-18/h5-16H,1-4H3,(H,26,27). The molecule has 4 nitrogen and oxygen atoms in total. The van der Waals surface area contributed by atoms with Gasteiger partial charge in [0.05, 0.1) is 0 Å². The number of fused-ring (bicyclic) bond motifs is 3. The molecule has 1 N–H and O–H groups in total. The number of amides is 1. The van der Waals surface area contributed by atoms with E-state index in [9.17, 15) is 4.79 Å². The molecule has 0 aliphatic carbocycles. The maximum absolute atomic E-state index is 12.6. The van der Waals surface area contributed by atoms with Crippen LogP contribution in [0.25, 0.3) is 21.9 Å². The van der Waals surface area contributed by atoms with E-state index in [4.69, 9.17) is 9.15 Å². The molecule has 4 heteroatoms. The van der Waals surface area contributed by atoms with Gasteiger partial charge in [0.1, 0.15) is 16.9 Å². The van der Waals surface area contributed by atoms with Crippen molar-refractivity contribution >= 4 is 33.5 Å². The van der Waals surface area contributed by atoms with Gasteiger partial charge in [0.15, 0.2) is 6.10 Å². The summed E-state index contributed by atoms with van der Waals surface area (Å²) in [7, 11) is 0. The highest BCUT2D eigenvalue weighted by Crippen LogP contribution is 2.30. The number of carbonyl (C=O) groups is 1. The number of carbonyl (C=O) groups excluding carboxylic acids is 1. The van der Waals surface area contributed by atoms with Crippen molar-refractivity contribution in [1.29, 1.82) is 0 Å². The van der Waals surface area contributed by atoms with Gasteiger partial charge in [0, 0.05) is 22.5 Å². The second-order valence-corrected chi connectivity index (χ2v) is 8.33. The topological polar surface area (TPSA) is 51.5 Å². The lowest BCUT2D eigenvalue weighted by Crippen LogP contribution is -2.30. The Morgan fingerprint density at radius 1 is 0.931 bits per heavy atom. The first-order valence-corrected chi connectivity index (χ1v) is 9.80. The lowest BCUT2D eigenvalue weighted by molar-refractivity contribution is -0.122. The van der Waals surface area contributed by atoms with Crippen LogP contribution in [-0.2, 0) is 10.2 Å². The Balaban J connectivity index is 1.46. The zero-order valence-corrected chi connectivity index (χ0v) is 17.2. The van der Waals surface area contributed by atoms with E-state index in [-0.39, 0.29) is 11.3 Å². The summed E-state index contributed by atoms with van der Waals surface area (Å²) in [5.41, 5.74) is 3.56. The van der Waals surface area contributed by atoms with Crippen LogP contribution < -0.4 is 10.1 Å². The molecular formula is C25H25NO3. The smallest absolute Gasteiger partial charge is 0.265 e. The molecule has 1 heterocycles. The van der Waals surface area contributed by atoms with Gasteiger partial charge in [-0.1, -0.05) is 51.1 Å². The monoisotopic (exact) mass is 387 g/mol. The van der Waals surface area contributed by atoms with Crippen molar-refractivity contribution in [2.45, 2.75) is 39.2 Å².